The minimum absolute atomic E-state index is 0.0412. The van der Waals surface area contributed by atoms with Crippen molar-refractivity contribution >= 4 is 5.91 Å². The molecule has 2 atom stereocenters. The van der Waals surface area contributed by atoms with Crippen molar-refractivity contribution in [3.63, 3.8) is 0 Å². The van der Waals surface area contributed by atoms with E-state index in [0.717, 1.165) is 19.4 Å². The molecule has 0 radical (unpaired) electrons. The van der Waals surface area contributed by atoms with Crippen LogP contribution in [0.4, 0.5) is 4.39 Å². The minimum atomic E-state index is -0.258. The third kappa shape index (κ3) is 3.90. The average Bonchev–Trinajstić information content (AvgIpc) is 2.57. The van der Waals surface area contributed by atoms with Crippen LogP contribution in [0.25, 0.3) is 0 Å². The van der Waals surface area contributed by atoms with Crippen LogP contribution in [0, 0.1) is 5.82 Å². The van der Waals surface area contributed by atoms with E-state index in [1.165, 1.54) is 18.9 Å². The van der Waals surface area contributed by atoms with Gasteiger partial charge in [0.15, 0.2) is 0 Å². The number of ether oxygens (including phenoxy) is 1. The number of fused-ring (bicyclic) bond motifs is 1. The summed E-state index contributed by atoms with van der Waals surface area (Å²) in [6, 6.07) is 6.99. The predicted octanol–water partition coefficient (Wildman–Crippen LogP) is 2.43. The highest BCUT2D eigenvalue weighted by molar-refractivity contribution is 5.78. The average molecular weight is 320 g/mol. The van der Waals surface area contributed by atoms with Crippen molar-refractivity contribution in [3.8, 4) is 0 Å². The molecule has 23 heavy (non-hydrogen) atoms. The first-order valence-electron chi connectivity index (χ1n) is 8.48. The van der Waals surface area contributed by atoms with Crippen LogP contribution in [-0.2, 0) is 16.1 Å². The van der Waals surface area contributed by atoms with E-state index >= 15 is 0 Å². The molecule has 3 rings (SSSR count). The molecular weight excluding hydrogens is 295 g/mol. The minimum Gasteiger partial charge on any atom is -0.375 e. The molecule has 5 heteroatoms. The maximum Gasteiger partial charge on any atom is 0.236 e. The summed E-state index contributed by atoms with van der Waals surface area (Å²) in [6.45, 7) is 2.21. The zero-order valence-electron chi connectivity index (χ0n) is 13.7. The Bertz CT molecular complexity index is 550. The van der Waals surface area contributed by atoms with E-state index < -0.39 is 0 Å². The summed E-state index contributed by atoms with van der Waals surface area (Å²) < 4.78 is 19.6. The maximum absolute atomic E-state index is 13.7. The van der Waals surface area contributed by atoms with Crippen molar-refractivity contribution in [1.29, 1.82) is 0 Å². The van der Waals surface area contributed by atoms with Gasteiger partial charge in [-0.25, -0.2) is 4.39 Å². The number of carbonyl (C=O) groups is 1. The van der Waals surface area contributed by atoms with Crippen LogP contribution in [0.15, 0.2) is 24.3 Å². The molecule has 1 saturated heterocycles. The monoisotopic (exact) mass is 320 g/mol. The molecule has 1 aliphatic carbocycles. The van der Waals surface area contributed by atoms with Gasteiger partial charge in [0.2, 0.25) is 5.91 Å². The van der Waals surface area contributed by atoms with Crippen LogP contribution < -0.4 is 0 Å². The second-order valence-electron chi connectivity index (χ2n) is 6.57. The molecule has 1 amide bonds. The Morgan fingerprint density at radius 3 is 2.96 bits per heavy atom. The Hall–Kier alpha value is -1.46. The van der Waals surface area contributed by atoms with Crippen LogP contribution >= 0.6 is 0 Å². The van der Waals surface area contributed by atoms with E-state index in [1.807, 2.05) is 0 Å². The largest absolute Gasteiger partial charge is 0.375 e. The van der Waals surface area contributed by atoms with Gasteiger partial charge in [-0.15, -0.1) is 0 Å². The molecule has 1 aromatic rings. The summed E-state index contributed by atoms with van der Waals surface area (Å²) >= 11 is 0. The van der Waals surface area contributed by atoms with Crippen molar-refractivity contribution in [3.05, 3.63) is 35.6 Å². The summed E-state index contributed by atoms with van der Waals surface area (Å²) in [5, 5.41) is 0. The Labute approximate surface area is 137 Å². The molecule has 126 valence electrons. The molecular formula is C18H25FN2O2. The summed E-state index contributed by atoms with van der Waals surface area (Å²) in [6.07, 6.45) is 4.91. The third-order valence-corrected chi connectivity index (χ3v) is 4.98. The van der Waals surface area contributed by atoms with E-state index in [1.54, 1.807) is 30.1 Å². The summed E-state index contributed by atoms with van der Waals surface area (Å²) in [5.41, 5.74) is 0.556. The Balaban J connectivity index is 1.58. The van der Waals surface area contributed by atoms with Gasteiger partial charge < -0.3 is 9.64 Å². The predicted molar refractivity (Wildman–Crippen MR) is 86.4 cm³/mol. The number of amides is 1. The number of hydrogen-bond donors (Lipinski definition) is 0. The highest BCUT2D eigenvalue weighted by atomic mass is 19.1. The molecule has 2 fully saturated rings. The second kappa shape index (κ2) is 7.41. The van der Waals surface area contributed by atoms with E-state index in [2.05, 4.69) is 4.90 Å². The van der Waals surface area contributed by atoms with Gasteiger partial charge in [-0.2, -0.15) is 0 Å². The summed E-state index contributed by atoms with van der Waals surface area (Å²) in [5.74, 6) is -0.217. The number of halogens is 1. The van der Waals surface area contributed by atoms with Crippen molar-refractivity contribution in [2.24, 2.45) is 0 Å². The number of rotatable bonds is 4. The summed E-state index contributed by atoms with van der Waals surface area (Å²) in [4.78, 5) is 16.4. The van der Waals surface area contributed by atoms with Crippen molar-refractivity contribution in [2.45, 2.75) is 44.4 Å². The molecule has 2 aliphatic rings. The number of morpholine rings is 1. The van der Waals surface area contributed by atoms with Crippen molar-refractivity contribution in [2.75, 3.05) is 26.7 Å². The zero-order valence-corrected chi connectivity index (χ0v) is 13.7. The molecule has 1 saturated carbocycles. The van der Waals surface area contributed by atoms with Gasteiger partial charge in [0.25, 0.3) is 0 Å². The first kappa shape index (κ1) is 16.4. The van der Waals surface area contributed by atoms with E-state index in [-0.39, 0.29) is 17.8 Å². The highest BCUT2D eigenvalue weighted by Crippen LogP contribution is 2.28. The highest BCUT2D eigenvalue weighted by Gasteiger charge is 2.35. The second-order valence-corrected chi connectivity index (χ2v) is 6.57. The standard InChI is InChI=1S/C18H25FN2O2/c1-20(12-14-6-2-3-7-15(14)19)18(22)13-21-10-11-23-17-9-5-4-8-16(17)21/h2-3,6-7,16-17H,4-5,8-13H2,1H3. The molecule has 1 aromatic carbocycles. The first-order chi connectivity index (χ1) is 11.1. The van der Waals surface area contributed by atoms with Gasteiger partial charge in [-0.05, 0) is 18.9 Å². The van der Waals surface area contributed by atoms with Crippen molar-refractivity contribution in [1.82, 2.24) is 9.80 Å². The Morgan fingerprint density at radius 1 is 1.35 bits per heavy atom. The van der Waals surface area contributed by atoms with Crippen LogP contribution in [0.3, 0.4) is 0 Å². The fraction of sp³-hybridized carbons (Fsp3) is 0.611. The molecule has 4 nitrogen and oxygen atoms in total. The maximum atomic E-state index is 13.7. The van der Waals surface area contributed by atoms with E-state index in [0.29, 0.717) is 31.3 Å². The van der Waals surface area contributed by atoms with Crippen molar-refractivity contribution < 1.29 is 13.9 Å². The zero-order chi connectivity index (χ0) is 16.2. The number of likely N-dealkylation sites (N-methyl/N-ethyl adjacent to an activating group) is 1. The fourth-order valence-corrected chi connectivity index (χ4v) is 3.64. The van der Waals surface area contributed by atoms with Crippen LogP contribution in [-0.4, -0.2) is 54.6 Å². The van der Waals surface area contributed by atoms with E-state index in [4.69, 9.17) is 4.74 Å². The normalized spacial score (nSPS) is 25.0. The smallest absolute Gasteiger partial charge is 0.236 e. The van der Waals surface area contributed by atoms with Gasteiger partial charge in [-0.3, -0.25) is 9.69 Å². The lowest BCUT2D eigenvalue weighted by atomic mass is 9.90. The molecule has 0 N–H and O–H groups in total. The Morgan fingerprint density at radius 2 is 2.13 bits per heavy atom. The number of carbonyl (C=O) groups excluding carboxylic acids is 1. The van der Waals surface area contributed by atoms with Crippen LogP contribution in [0.5, 0.6) is 0 Å². The molecule has 0 spiro atoms. The molecule has 0 bridgehead atoms. The lowest BCUT2D eigenvalue weighted by Gasteiger charge is -2.43. The van der Waals surface area contributed by atoms with Gasteiger partial charge in [0, 0.05) is 31.7 Å². The SMILES string of the molecule is CN(Cc1ccccc1F)C(=O)CN1CCOC2CCCCC21. The van der Waals surface area contributed by atoms with Crippen LogP contribution in [0.1, 0.15) is 31.2 Å². The topological polar surface area (TPSA) is 32.8 Å². The van der Waals surface area contributed by atoms with Gasteiger partial charge in [-0.1, -0.05) is 31.0 Å². The molecule has 1 aliphatic heterocycles. The van der Waals surface area contributed by atoms with Gasteiger partial charge in [0.05, 0.1) is 19.3 Å². The first-order valence-corrected chi connectivity index (χ1v) is 8.48. The molecule has 1 heterocycles. The van der Waals surface area contributed by atoms with Gasteiger partial charge >= 0.3 is 0 Å². The lowest BCUT2D eigenvalue weighted by molar-refractivity contribution is -0.138. The number of hydrogen-bond acceptors (Lipinski definition) is 3. The number of benzene rings is 1. The number of nitrogens with zero attached hydrogens (tertiary/aromatic N) is 2. The third-order valence-electron chi connectivity index (χ3n) is 4.98. The van der Waals surface area contributed by atoms with E-state index in [9.17, 15) is 9.18 Å². The molecule has 2 unspecified atom stereocenters. The molecule has 0 aromatic heterocycles. The fourth-order valence-electron chi connectivity index (χ4n) is 3.64. The lowest BCUT2D eigenvalue weighted by Crippen LogP contribution is -2.55. The van der Waals surface area contributed by atoms with Gasteiger partial charge in [0.1, 0.15) is 5.82 Å². The van der Waals surface area contributed by atoms with Crippen LogP contribution in [0.2, 0.25) is 0 Å². The quantitative estimate of drug-likeness (QED) is 0.854. The summed E-state index contributed by atoms with van der Waals surface area (Å²) in [7, 11) is 1.74. The Kier molecular flexibility index (Phi) is 5.28.